The molecule has 6 heteroatoms. The van der Waals surface area contributed by atoms with Gasteiger partial charge < -0.3 is 20.1 Å². The summed E-state index contributed by atoms with van der Waals surface area (Å²) in [5, 5.41) is 27.7. The van der Waals surface area contributed by atoms with Gasteiger partial charge in [-0.25, -0.2) is 9.28 Å². The summed E-state index contributed by atoms with van der Waals surface area (Å²) in [6.45, 7) is 2.93. The standard InChI is InChI=1S/C14H27NO5/c1-3-4-5-6-7-8-9-20-12-15(10-16,11-17)13(2)14(18)19/h7-8,13,16-17H,3-6,9-12H2,1-2H3/p+1/b8-7+. The molecule has 0 aromatic heterocycles. The Hall–Kier alpha value is -0.950. The van der Waals surface area contributed by atoms with Crippen LogP contribution in [0, 0.1) is 0 Å². The van der Waals surface area contributed by atoms with Gasteiger partial charge in [-0.2, -0.15) is 0 Å². The lowest BCUT2D eigenvalue weighted by Gasteiger charge is -2.36. The topological polar surface area (TPSA) is 87.0 Å². The fraction of sp³-hybridized carbons (Fsp3) is 0.786. The molecule has 0 heterocycles. The number of aliphatic hydroxyl groups excluding tert-OH is 2. The van der Waals surface area contributed by atoms with Crippen LogP contribution in [0.25, 0.3) is 0 Å². The Morgan fingerprint density at radius 2 is 1.90 bits per heavy atom. The van der Waals surface area contributed by atoms with Gasteiger partial charge in [-0.3, -0.25) is 0 Å². The summed E-state index contributed by atoms with van der Waals surface area (Å²) in [5.74, 6) is -1.08. The van der Waals surface area contributed by atoms with E-state index in [-0.39, 0.29) is 6.73 Å². The van der Waals surface area contributed by atoms with Gasteiger partial charge in [0.25, 0.3) is 0 Å². The van der Waals surface area contributed by atoms with Gasteiger partial charge in [-0.1, -0.05) is 31.9 Å². The van der Waals surface area contributed by atoms with Crippen LogP contribution in [0.15, 0.2) is 12.2 Å². The molecule has 0 aliphatic rings. The van der Waals surface area contributed by atoms with E-state index in [2.05, 4.69) is 6.92 Å². The van der Waals surface area contributed by atoms with E-state index < -0.39 is 30.0 Å². The summed E-state index contributed by atoms with van der Waals surface area (Å²) in [4.78, 5) is 11.0. The Balaban J connectivity index is 4.13. The second kappa shape index (κ2) is 10.8. The number of carboxylic acid groups (broad SMARTS) is 1. The van der Waals surface area contributed by atoms with Crippen LogP contribution in [-0.4, -0.2) is 58.6 Å². The van der Waals surface area contributed by atoms with E-state index in [4.69, 9.17) is 9.84 Å². The minimum atomic E-state index is -1.08. The van der Waals surface area contributed by atoms with Crippen molar-refractivity contribution in [3.63, 3.8) is 0 Å². The fourth-order valence-corrected chi connectivity index (χ4v) is 1.72. The van der Waals surface area contributed by atoms with Crippen LogP contribution in [-0.2, 0) is 9.53 Å². The van der Waals surface area contributed by atoms with Crippen LogP contribution in [0.4, 0.5) is 0 Å². The van der Waals surface area contributed by atoms with Crippen LogP contribution in [0.3, 0.4) is 0 Å². The molecule has 6 nitrogen and oxygen atoms in total. The van der Waals surface area contributed by atoms with E-state index in [0.29, 0.717) is 6.61 Å². The Kier molecular flexibility index (Phi) is 10.3. The first kappa shape index (κ1) is 19.1. The largest absolute Gasteiger partial charge is 0.477 e. The molecule has 3 N–H and O–H groups in total. The Labute approximate surface area is 120 Å². The van der Waals surface area contributed by atoms with Crippen LogP contribution in [0.1, 0.15) is 39.5 Å². The number of nitrogens with zero attached hydrogens (tertiary/aromatic N) is 1. The fourth-order valence-electron chi connectivity index (χ4n) is 1.72. The number of hydrogen-bond donors (Lipinski definition) is 3. The molecule has 0 fully saturated rings. The number of carboxylic acids is 1. The highest BCUT2D eigenvalue weighted by Crippen LogP contribution is 2.12. The van der Waals surface area contributed by atoms with Crippen molar-refractivity contribution in [1.29, 1.82) is 0 Å². The number of aliphatic carboxylic acids is 1. The Morgan fingerprint density at radius 1 is 1.25 bits per heavy atom. The number of aliphatic hydroxyl groups is 2. The number of hydrogen-bond acceptors (Lipinski definition) is 4. The van der Waals surface area contributed by atoms with Gasteiger partial charge in [-0.15, -0.1) is 0 Å². The molecular formula is C14H28NO5+. The molecule has 1 unspecified atom stereocenters. The molecule has 1 atom stereocenters. The average Bonchev–Trinajstić information content (AvgIpc) is 2.45. The number of carbonyl (C=O) groups is 1. The van der Waals surface area contributed by atoms with Crippen molar-refractivity contribution in [2.24, 2.45) is 0 Å². The molecule has 0 rings (SSSR count). The molecular weight excluding hydrogens is 262 g/mol. The summed E-state index contributed by atoms with van der Waals surface area (Å²) in [6.07, 6.45) is 8.45. The van der Waals surface area contributed by atoms with E-state index in [1.165, 1.54) is 19.8 Å². The van der Waals surface area contributed by atoms with Crippen LogP contribution < -0.4 is 0 Å². The van der Waals surface area contributed by atoms with Crippen molar-refractivity contribution >= 4 is 5.97 Å². The molecule has 0 bridgehead atoms. The van der Waals surface area contributed by atoms with Gasteiger partial charge in [0.1, 0.15) is 0 Å². The van der Waals surface area contributed by atoms with Gasteiger partial charge in [0.15, 0.2) is 26.2 Å². The molecule has 0 aliphatic carbocycles. The van der Waals surface area contributed by atoms with Crippen molar-refractivity contribution in [1.82, 2.24) is 0 Å². The molecule has 0 saturated heterocycles. The van der Waals surface area contributed by atoms with Crippen LogP contribution >= 0.6 is 0 Å². The molecule has 0 radical (unpaired) electrons. The summed E-state index contributed by atoms with van der Waals surface area (Å²) in [7, 11) is 0. The molecule has 0 aromatic rings. The summed E-state index contributed by atoms with van der Waals surface area (Å²) >= 11 is 0. The number of unbranched alkanes of at least 4 members (excludes halogenated alkanes) is 3. The van der Waals surface area contributed by atoms with Gasteiger partial charge in [0.05, 0.1) is 6.61 Å². The third-order valence-corrected chi connectivity index (χ3v) is 3.45. The maximum atomic E-state index is 11.0. The molecule has 0 aliphatic heterocycles. The molecule has 0 saturated carbocycles. The first-order chi connectivity index (χ1) is 9.54. The SMILES string of the molecule is CCCCC/C=C/COC[N+](CO)(CO)C(C)C(=O)O. The van der Waals surface area contributed by atoms with Crippen molar-refractivity contribution in [3.05, 3.63) is 12.2 Å². The lowest BCUT2D eigenvalue weighted by Crippen LogP contribution is -2.59. The molecule has 0 aromatic carbocycles. The quantitative estimate of drug-likeness (QED) is 0.218. The van der Waals surface area contributed by atoms with E-state index >= 15 is 0 Å². The molecule has 0 amide bonds. The van der Waals surface area contributed by atoms with Gasteiger partial charge >= 0.3 is 5.97 Å². The average molecular weight is 290 g/mol. The second-order valence-electron chi connectivity index (χ2n) is 4.98. The third kappa shape index (κ3) is 6.47. The summed E-state index contributed by atoms with van der Waals surface area (Å²) in [6, 6.07) is -0.932. The predicted octanol–water partition coefficient (Wildman–Crippen LogP) is 1.29. The zero-order valence-electron chi connectivity index (χ0n) is 12.5. The number of ether oxygens (including phenoxy) is 1. The van der Waals surface area contributed by atoms with E-state index in [9.17, 15) is 15.0 Å². The Morgan fingerprint density at radius 3 is 2.40 bits per heavy atom. The van der Waals surface area contributed by atoms with Crippen LogP contribution in [0.5, 0.6) is 0 Å². The molecule has 0 spiro atoms. The normalized spacial score (nSPS) is 13.8. The lowest BCUT2D eigenvalue weighted by molar-refractivity contribution is -0.989. The number of quaternary nitrogens is 1. The summed E-state index contributed by atoms with van der Waals surface area (Å²) in [5.41, 5.74) is 0. The second-order valence-corrected chi connectivity index (χ2v) is 4.98. The minimum Gasteiger partial charge on any atom is -0.477 e. The minimum absolute atomic E-state index is 0.0419. The van der Waals surface area contributed by atoms with E-state index in [0.717, 1.165) is 12.8 Å². The van der Waals surface area contributed by atoms with Crippen molar-refractivity contribution in [3.8, 4) is 0 Å². The van der Waals surface area contributed by atoms with E-state index in [1.54, 1.807) is 0 Å². The van der Waals surface area contributed by atoms with Crippen LogP contribution in [0.2, 0.25) is 0 Å². The lowest BCUT2D eigenvalue weighted by atomic mass is 10.2. The number of allylic oxidation sites excluding steroid dienone is 1. The van der Waals surface area contributed by atoms with Gasteiger partial charge in [0.2, 0.25) is 0 Å². The van der Waals surface area contributed by atoms with Crippen molar-refractivity contribution in [2.75, 3.05) is 26.8 Å². The zero-order chi connectivity index (χ0) is 15.4. The maximum absolute atomic E-state index is 11.0. The first-order valence-corrected chi connectivity index (χ1v) is 7.07. The van der Waals surface area contributed by atoms with Crippen molar-refractivity contribution < 1.29 is 29.3 Å². The molecule has 118 valence electrons. The molecule has 20 heavy (non-hydrogen) atoms. The smallest absolute Gasteiger partial charge is 0.362 e. The van der Waals surface area contributed by atoms with E-state index in [1.807, 2.05) is 12.2 Å². The number of rotatable bonds is 12. The monoisotopic (exact) mass is 290 g/mol. The van der Waals surface area contributed by atoms with Crippen molar-refractivity contribution in [2.45, 2.75) is 45.6 Å². The van der Waals surface area contributed by atoms with Gasteiger partial charge in [-0.05, 0) is 19.8 Å². The highest BCUT2D eigenvalue weighted by Gasteiger charge is 2.38. The highest BCUT2D eigenvalue weighted by molar-refractivity contribution is 5.71. The third-order valence-electron chi connectivity index (χ3n) is 3.45. The predicted molar refractivity (Wildman–Crippen MR) is 75.6 cm³/mol. The zero-order valence-corrected chi connectivity index (χ0v) is 12.5. The summed E-state index contributed by atoms with van der Waals surface area (Å²) < 4.78 is 4.94. The first-order valence-electron chi connectivity index (χ1n) is 7.07. The van der Waals surface area contributed by atoms with Gasteiger partial charge in [0, 0.05) is 0 Å². The maximum Gasteiger partial charge on any atom is 0.362 e. The highest BCUT2D eigenvalue weighted by atomic mass is 16.5. The Bertz CT molecular complexity index is 289.